The van der Waals surface area contributed by atoms with Crippen LogP contribution >= 0.6 is 0 Å². The zero-order valence-corrected chi connectivity index (χ0v) is 9.37. The molecule has 6 heteroatoms. The Labute approximate surface area is 99.2 Å². The maximum atomic E-state index is 9.15. The summed E-state index contributed by atoms with van der Waals surface area (Å²) >= 11 is 0. The van der Waals surface area contributed by atoms with E-state index in [4.69, 9.17) is 16.0 Å². The van der Waals surface area contributed by atoms with E-state index in [9.17, 15) is 0 Å². The van der Waals surface area contributed by atoms with Gasteiger partial charge in [0.15, 0.2) is 5.84 Å². The third-order valence-corrected chi connectivity index (χ3v) is 2.90. The van der Waals surface area contributed by atoms with Crippen molar-refractivity contribution >= 4 is 5.84 Å². The Hall–Kier alpha value is -1.66. The molecule has 0 atom stereocenters. The lowest BCUT2D eigenvalue weighted by Gasteiger charge is -2.32. The Morgan fingerprint density at radius 1 is 1.59 bits per heavy atom. The van der Waals surface area contributed by atoms with E-state index in [-0.39, 0.29) is 11.9 Å². The van der Waals surface area contributed by atoms with E-state index in [0.29, 0.717) is 18.3 Å². The average molecular weight is 236 g/mol. The number of aliphatic hydroxyl groups excluding tert-OH is 1. The summed E-state index contributed by atoms with van der Waals surface area (Å²) in [6.07, 6.45) is 3.08. The summed E-state index contributed by atoms with van der Waals surface area (Å²) in [7, 11) is 0. The molecule has 1 aliphatic rings. The summed E-state index contributed by atoms with van der Waals surface area (Å²) in [6.45, 7) is 0.686. The van der Waals surface area contributed by atoms with Crippen molar-refractivity contribution in [2.75, 3.05) is 0 Å². The second-order valence-corrected chi connectivity index (χ2v) is 4.24. The van der Waals surface area contributed by atoms with Gasteiger partial charge in [-0.25, -0.2) is 0 Å². The van der Waals surface area contributed by atoms with Crippen LogP contribution in [0.3, 0.4) is 0 Å². The zero-order chi connectivity index (χ0) is 12.3. The van der Waals surface area contributed by atoms with E-state index in [1.165, 1.54) is 0 Å². The normalized spacial score (nSPS) is 24.4. The number of amidine groups is 1. The van der Waals surface area contributed by atoms with Gasteiger partial charge < -0.3 is 21.4 Å². The third-order valence-electron chi connectivity index (χ3n) is 2.90. The Balaban J connectivity index is 1.92. The molecule has 0 saturated heterocycles. The standard InChI is InChI=1S/C11H16N4O2/c12-11(15-17)10-3-7(1-2-13-10)6-14-8-4-9(16)5-8/h1-3,8-9,14,16-17H,4-6H2,(H2,12,15). The van der Waals surface area contributed by atoms with Gasteiger partial charge in [0.1, 0.15) is 5.69 Å². The molecule has 2 rings (SSSR count). The molecule has 0 aliphatic heterocycles. The largest absolute Gasteiger partial charge is 0.409 e. The van der Waals surface area contributed by atoms with Crippen molar-refractivity contribution in [2.24, 2.45) is 10.9 Å². The molecule has 1 aliphatic carbocycles. The van der Waals surface area contributed by atoms with Crippen LogP contribution in [0.25, 0.3) is 0 Å². The second-order valence-electron chi connectivity index (χ2n) is 4.24. The molecule has 0 spiro atoms. The second kappa shape index (κ2) is 5.11. The molecule has 1 saturated carbocycles. The molecule has 0 amide bonds. The molecule has 1 fully saturated rings. The third kappa shape index (κ3) is 2.92. The number of oxime groups is 1. The number of pyridine rings is 1. The van der Waals surface area contributed by atoms with Crippen LogP contribution in [-0.2, 0) is 6.54 Å². The number of nitrogens with zero attached hydrogens (tertiary/aromatic N) is 2. The molecule has 0 unspecified atom stereocenters. The van der Waals surface area contributed by atoms with Crippen molar-refractivity contribution < 1.29 is 10.3 Å². The number of aromatic nitrogens is 1. The molecule has 0 bridgehead atoms. The Bertz CT molecular complexity index is 416. The summed E-state index contributed by atoms with van der Waals surface area (Å²) in [5.74, 6) is 0.00548. The SMILES string of the molecule is NC(=NO)c1cc(CNC2CC(O)C2)ccn1. The smallest absolute Gasteiger partial charge is 0.188 e. The first-order valence-electron chi connectivity index (χ1n) is 5.53. The summed E-state index contributed by atoms with van der Waals surface area (Å²) in [5, 5.41) is 23.9. The predicted molar refractivity (Wildman–Crippen MR) is 62.6 cm³/mol. The van der Waals surface area contributed by atoms with Crippen molar-refractivity contribution in [3.63, 3.8) is 0 Å². The number of nitrogens with one attached hydrogen (secondary N) is 1. The first-order chi connectivity index (χ1) is 8.19. The molecule has 5 N–H and O–H groups in total. The first-order valence-corrected chi connectivity index (χ1v) is 5.53. The van der Waals surface area contributed by atoms with Crippen molar-refractivity contribution in [1.29, 1.82) is 0 Å². The molecule has 1 heterocycles. The summed E-state index contributed by atoms with van der Waals surface area (Å²) < 4.78 is 0. The van der Waals surface area contributed by atoms with E-state index in [1.54, 1.807) is 12.3 Å². The Kier molecular flexibility index (Phi) is 3.55. The van der Waals surface area contributed by atoms with Crippen LogP contribution in [0.1, 0.15) is 24.1 Å². The molecule has 1 aromatic heterocycles. The van der Waals surface area contributed by atoms with Gasteiger partial charge in [-0.15, -0.1) is 0 Å². The minimum absolute atomic E-state index is 0.00548. The maximum Gasteiger partial charge on any atom is 0.188 e. The Morgan fingerprint density at radius 3 is 3.00 bits per heavy atom. The lowest BCUT2D eigenvalue weighted by atomic mass is 9.89. The summed E-state index contributed by atoms with van der Waals surface area (Å²) in [6, 6.07) is 4.03. The number of hydrogen-bond acceptors (Lipinski definition) is 5. The quantitative estimate of drug-likeness (QED) is 0.251. The fourth-order valence-corrected chi connectivity index (χ4v) is 1.79. The Morgan fingerprint density at radius 2 is 2.35 bits per heavy atom. The fourth-order valence-electron chi connectivity index (χ4n) is 1.79. The maximum absolute atomic E-state index is 9.15. The van der Waals surface area contributed by atoms with Crippen LogP contribution < -0.4 is 11.1 Å². The number of nitrogens with two attached hydrogens (primary N) is 1. The van der Waals surface area contributed by atoms with Crippen LogP contribution in [-0.4, -0.2) is 33.3 Å². The number of aliphatic hydroxyl groups is 1. The highest BCUT2D eigenvalue weighted by Gasteiger charge is 2.26. The monoisotopic (exact) mass is 236 g/mol. The predicted octanol–water partition coefficient (Wildman–Crippen LogP) is -0.211. The topological polar surface area (TPSA) is 104 Å². The van der Waals surface area contributed by atoms with Crippen LogP contribution in [0, 0.1) is 0 Å². The van der Waals surface area contributed by atoms with E-state index in [0.717, 1.165) is 18.4 Å². The van der Waals surface area contributed by atoms with Gasteiger partial charge in [-0.05, 0) is 30.5 Å². The lowest BCUT2D eigenvalue weighted by Crippen LogP contribution is -2.43. The summed E-state index contributed by atoms with van der Waals surface area (Å²) in [5.41, 5.74) is 6.93. The van der Waals surface area contributed by atoms with E-state index in [2.05, 4.69) is 15.5 Å². The van der Waals surface area contributed by atoms with E-state index < -0.39 is 0 Å². The van der Waals surface area contributed by atoms with Gasteiger partial charge in [0.05, 0.1) is 6.10 Å². The first kappa shape index (κ1) is 11.8. The van der Waals surface area contributed by atoms with Gasteiger partial charge >= 0.3 is 0 Å². The fraction of sp³-hybridized carbons (Fsp3) is 0.455. The molecular weight excluding hydrogens is 220 g/mol. The summed E-state index contributed by atoms with van der Waals surface area (Å²) in [4.78, 5) is 4.00. The number of hydrogen-bond donors (Lipinski definition) is 4. The highest BCUT2D eigenvalue weighted by Crippen LogP contribution is 2.19. The molecule has 1 aromatic rings. The van der Waals surface area contributed by atoms with Crippen molar-refractivity contribution in [1.82, 2.24) is 10.3 Å². The van der Waals surface area contributed by atoms with Gasteiger partial charge in [-0.2, -0.15) is 0 Å². The van der Waals surface area contributed by atoms with Gasteiger partial charge in [-0.3, -0.25) is 4.98 Å². The van der Waals surface area contributed by atoms with Crippen molar-refractivity contribution in [3.8, 4) is 0 Å². The van der Waals surface area contributed by atoms with Crippen LogP contribution in [0.4, 0.5) is 0 Å². The van der Waals surface area contributed by atoms with Gasteiger partial charge in [-0.1, -0.05) is 5.16 Å². The van der Waals surface area contributed by atoms with Crippen molar-refractivity contribution in [2.45, 2.75) is 31.5 Å². The van der Waals surface area contributed by atoms with Crippen LogP contribution in [0.15, 0.2) is 23.5 Å². The number of rotatable bonds is 4. The van der Waals surface area contributed by atoms with Crippen LogP contribution in [0.2, 0.25) is 0 Å². The average Bonchev–Trinajstić information content (AvgIpc) is 2.32. The molecule has 92 valence electrons. The lowest BCUT2D eigenvalue weighted by molar-refractivity contribution is 0.0619. The van der Waals surface area contributed by atoms with Crippen LogP contribution in [0.5, 0.6) is 0 Å². The van der Waals surface area contributed by atoms with Gasteiger partial charge in [0.25, 0.3) is 0 Å². The minimum atomic E-state index is -0.155. The highest BCUT2D eigenvalue weighted by molar-refractivity contribution is 5.95. The van der Waals surface area contributed by atoms with Gasteiger partial charge in [0, 0.05) is 18.8 Å². The van der Waals surface area contributed by atoms with E-state index >= 15 is 0 Å². The molecule has 6 nitrogen and oxygen atoms in total. The molecule has 0 aromatic carbocycles. The minimum Gasteiger partial charge on any atom is -0.409 e. The van der Waals surface area contributed by atoms with E-state index in [1.807, 2.05) is 6.07 Å². The zero-order valence-electron chi connectivity index (χ0n) is 9.37. The van der Waals surface area contributed by atoms with Crippen molar-refractivity contribution in [3.05, 3.63) is 29.6 Å². The highest BCUT2D eigenvalue weighted by atomic mass is 16.4. The molecule has 17 heavy (non-hydrogen) atoms. The molecular formula is C11H16N4O2. The molecule has 0 radical (unpaired) electrons. The van der Waals surface area contributed by atoms with Gasteiger partial charge in [0.2, 0.25) is 0 Å².